The van der Waals surface area contributed by atoms with E-state index in [0.29, 0.717) is 12.8 Å². The van der Waals surface area contributed by atoms with Crippen molar-refractivity contribution in [3.63, 3.8) is 0 Å². The normalized spacial score (nSPS) is 9.96. The molecule has 0 aliphatic rings. The van der Waals surface area contributed by atoms with E-state index in [1.165, 1.54) is 77.0 Å². The zero-order chi connectivity index (χ0) is 18.8. The summed E-state index contributed by atoms with van der Waals surface area (Å²) >= 11 is 0. The van der Waals surface area contributed by atoms with Gasteiger partial charge in [0.1, 0.15) is 18.9 Å². The third kappa shape index (κ3) is 31.3. The predicted molar refractivity (Wildman–Crippen MR) is 107 cm³/mol. The van der Waals surface area contributed by atoms with Crippen LogP contribution >= 0.6 is 0 Å². The molecule has 0 N–H and O–H groups in total. The lowest BCUT2D eigenvalue weighted by molar-refractivity contribution is -0.108. The third-order valence-electron chi connectivity index (χ3n) is 4.32. The van der Waals surface area contributed by atoms with Crippen molar-refractivity contribution in [2.45, 2.75) is 122 Å². The zero-order valence-electron chi connectivity index (χ0n) is 16.7. The van der Waals surface area contributed by atoms with Crippen LogP contribution in [0.3, 0.4) is 0 Å². The molecular formula is C22H42O3. The Morgan fingerprint density at radius 1 is 0.400 bits per heavy atom. The molecule has 0 amide bonds. The number of rotatable bonds is 19. The van der Waals surface area contributed by atoms with Gasteiger partial charge in [0, 0.05) is 19.3 Å². The topological polar surface area (TPSA) is 51.2 Å². The molecule has 0 radical (unpaired) electrons. The molecule has 0 unspecified atom stereocenters. The molecule has 0 aliphatic heterocycles. The molecule has 0 fully saturated rings. The van der Waals surface area contributed by atoms with Crippen molar-refractivity contribution in [3.05, 3.63) is 0 Å². The molecular weight excluding hydrogens is 312 g/mol. The zero-order valence-corrected chi connectivity index (χ0v) is 16.7. The van der Waals surface area contributed by atoms with Crippen LogP contribution in [0.4, 0.5) is 0 Å². The Bertz CT molecular complexity index is 250. The third-order valence-corrected chi connectivity index (χ3v) is 4.32. The maximum atomic E-state index is 9.98. The van der Waals surface area contributed by atoms with Gasteiger partial charge in [-0.2, -0.15) is 0 Å². The van der Waals surface area contributed by atoms with Crippen LogP contribution in [0.5, 0.6) is 0 Å². The maximum Gasteiger partial charge on any atom is 0.119 e. The standard InChI is InChI=1S/C11H20O2.C11H22O/c12-10-8-6-4-2-1-3-5-7-9-11-13;1-2-3-4-5-6-7-8-9-10-11-12/h10-11H,1-9H2;11H,2-10H2,1H3. The quantitative estimate of drug-likeness (QED) is 0.194. The lowest BCUT2D eigenvalue weighted by Crippen LogP contribution is -1.82. The van der Waals surface area contributed by atoms with Gasteiger partial charge in [-0.1, -0.05) is 84.0 Å². The molecule has 0 heterocycles. The fourth-order valence-corrected chi connectivity index (χ4v) is 2.70. The SMILES string of the molecule is CCCCCCCCCCC=O.O=CCCCCCCCCCC=O. The number of hydrogen-bond acceptors (Lipinski definition) is 3. The molecule has 0 saturated carbocycles. The number of hydrogen-bond donors (Lipinski definition) is 0. The Morgan fingerprint density at radius 2 is 0.640 bits per heavy atom. The minimum atomic E-state index is 0.713. The molecule has 0 aromatic carbocycles. The second-order valence-electron chi connectivity index (χ2n) is 6.82. The summed E-state index contributed by atoms with van der Waals surface area (Å²) in [6, 6.07) is 0. The summed E-state index contributed by atoms with van der Waals surface area (Å²) in [6.45, 7) is 2.24. The van der Waals surface area contributed by atoms with Crippen molar-refractivity contribution in [1.29, 1.82) is 0 Å². The van der Waals surface area contributed by atoms with Crippen molar-refractivity contribution in [2.24, 2.45) is 0 Å². The first-order valence-corrected chi connectivity index (χ1v) is 10.6. The molecule has 0 spiro atoms. The molecule has 0 bridgehead atoms. The van der Waals surface area contributed by atoms with E-state index in [2.05, 4.69) is 6.92 Å². The first-order chi connectivity index (χ1) is 12.3. The number of aldehydes is 3. The molecule has 3 heteroatoms. The molecule has 0 saturated heterocycles. The molecule has 25 heavy (non-hydrogen) atoms. The minimum absolute atomic E-state index is 0.713. The van der Waals surface area contributed by atoms with Crippen LogP contribution in [-0.4, -0.2) is 18.9 Å². The minimum Gasteiger partial charge on any atom is -0.303 e. The maximum absolute atomic E-state index is 9.98. The summed E-state index contributed by atoms with van der Waals surface area (Å²) in [4.78, 5) is 29.9. The first kappa shape index (κ1) is 26.2. The molecule has 0 rings (SSSR count). The fraction of sp³-hybridized carbons (Fsp3) is 0.864. The Kier molecular flexibility index (Phi) is 29.2. The van der Waals surface area contributed by atoms with Crippen LogP contribution in [0, 0.1) is 0 Å². The van der Waals surface area contributed by atoms with Gasteiger partial charge in [-0.25, -0.2) is 0 Å². The lowest BCUT2D eigenvalue weighted by Gasteiger charge is -1.98. The highest BCUT2D eigenvalue weighted by Crippen LogP contribution is 2.09. The highest BCUT2D eigenvalue weighted by Gasteiger charge is 1.91. The average Bonchev–Trinajstić information content (AvgIpc) is 2.63. The Morgan fingerprint density at radius 3 is 0.880 bits per heavy atom. The fourth-order valence-electron chi connectivity index (χ4n) is 2.70. The highest BCUT2D eigenvalue weighted by molar-refractivity contribution is 5.49. The van der Waals surface area contributed by atoms with Crippen LogP contribution in [0.25, 0.3) is 0 Å². The van der Waals surface area contributed by atoms with Gasteiger partial charge >= 0.3 is 0 Å². The van der Waals surface area contributed by atoms with Gasteiger partial charge in [-0.15, -0.1) is 0 Å². The Labute approximate surface area is 156 Å². The van der Waals surface area contributed by atoms with Gasteiger partial charge in [0.15, 0.2) is 0 Å². The summed E-state index contributed by atoms with van der Waals surface area (Å²) in [6.07, 6.45) is 23.8. The lowest BCUT2D eigenvalue weighted by atomic mass is 10.1. The van der Waals surface area contributed by atoms with Crippen molar-refractivity contribution in [2.75, 3.05) is 0 Å². The van der Waals surface area contributed by atoms with E-state index in [1.807, 2.05) is 0 Å². The average molecular weight is 355 g/mol. The number of unbranched alkanes of at least 4 members (excludes halogenated alkanes) is 16. The highest BCUT2D eigenvalue weighted by atomic mass is 16.1. The second kappa shape index (κ2) is 27.8. The van der Waals surface area contributed by atoms with Gasteiger partial charge < -0.3 is 14.4 Å². The summed E-state index contributed by atoms with van der Waals surface area (Å²) in [5, 5.41) is 0. The summed E-state index contributed by atoms with van der Waals surface area (Å²) < 4.78 is 0. The van der Waals surface area contributed by atoms with E-state index in [9.17, 15) is 14.4 Å². The second-order valence-corrected chi connectivity index (χ2v) is 6.82. The molecule has 0 atom stereocenters. The molecule has 0 aromatic rings. The van der Waals surface area contributed by atoms with Crippen molar-refractivity contribution >= 4 is 18.9 Å². The largest absolute Gasteiger partial charge is 0.303 e. The molecule has 0 aliphatic carbocycles. The van der Waals surface area contributed by atoms with Gasteiger partial charge in [0.05, 0.1) is 0 Å². The van der Waals surface area contributed by atoms with E-state index in [4.69, 9.17) is 0 Å². The van der Waals surface area contributed by atoms with Crippen molar-refractivity contribution in [3.8, 4) is 0 Å². The van der Waals surface area contributed by atoms with Crippen LogP contribution in [0.1, 0.15) is 122 Å². The van der Waals surface area contributed by atoms with Gasteiger partial charge in [-0.3, -0.25) is 0 Å². The monoisotopic (exact) mass is 354 g/mol. The summed E-state index contributed by atoms with van der Waals surface area (Å²) in [7, 11) is 0. The van der Waals surface area contributed by atoms with Crippen LogP contribution < -0.4 is 0 Å². The van der Waals surface area contributed by atoms with Gasteiger partial charge in [-0.05, 0) is 19.3 Å². The number of carbonyl (C=O) groups is 3. The summed E-state index contributed by atoms with van der Waals surface area (Å²) in [5.41, 5.74) is 0. The van der Waals surface area contributed by atoms with Crippen LogP contribution in [0.2, 0.25) is 0 Å². The van der Waals surface area contributed by atoms with E-state index in [0.717, 1.165) is 44.5 Å². The summed E-state index contributed by atoms with van der Waals surface area (Å²) in [5.74, 6) is 0. The molecule has 0 aromatic heterocycles. The van der Waals surface area contributed by atoms with Gasteiger partial charge in [0.25, 0.3) is 0 Å². The van der Waals surface area contributed by atoms with E-state index >= 15 is 0 Å². The Hall–Kier alpha value is -0.990. The van der Waals surface area contributed by atoms with Crippen molar-refractivity contribution < 1.29 is 14.4 Å². The first-order valence-electron chi connectivity index (χ1n) is 10.6. The van der Waals surface area contributed by atoms with Gasteiger partial charge in [0.2, 0.25) is 0 Å². The van der Waals surface area contributed by atoms with Crippen molar-refractivity contribution in [1.82, 2.24) is 0 Å². The molecule has 148 valence electrons. The van der Waals surface area contributed by atoms with Crippen LogP contribution in [0.15, 0.2) is 0 Å². The predicted octanol–water partition coefficient (Wildman–Crippen LogP) is 6.61. The van der Waals surface area contributed by atoms with E-state index in [-0.39, 0.29) is 0 Å². The van der Waals surface area contributed by atoms with Crippen LogP contribution in [-0.2, 0) is 14.4 Å². The smallest absolute Gasteiger partial charge is 0.119 e. The molecule has 3 nitrogen and oxygen atoms in total. The number of carbonyl (C=O) groups excluding carboxylic acids is 3. The van der Waals surface area contributed by atoms with E-state index < -0.39 is 0 Å². The Balaban J connectivity index is 0. The van der Waals surface area contributed by atoms with E-state index in [1.54, 1.807) is 0 Å².